The van der Waals surface area contributed by atoms with Crippen molar-refractivity contribution in [1.82, 2.24) is 14.8 Å². The van der Waals surface area contributed by atoms with Gasteiger partial charge < -0.3 is 10.1 Å². The monoisotopic (exact) mass is 422 g/mol. The average molecular weight is 423 g/mol. The molecule has 3 aromatic rings. The summed E-state index contributed by atoms with van der Waals surface area (Å²) in [6.07, 6.45) is 0. The Labute approximate surface area is 181 Å². The van der Waals surface area contributed by atoms with Crippen LogP contribution in [-0.2, 0) is 11.3 Å². The molecule has 156 valence electrons. The number of carbonyl (C=O) groups is 1. The number of hydrogen-bond acceptors (Lipinski definition) is 6. The van der Waals surface area contributed by atoms with E-state index >= 15 is 0 Å². The lowest BCUT2D eigenvalue weighted by atomic mass is 10.2. The van der Waals surface area contributed by atoms with Gasteiger partial charge in [0.05, 0.1) is 19.3 Å². The van der Waals surface area contributed by atoms with Crippen molar-refractivity contribution in [3.05, 3.63) is 65.5 Å². The zero-order valence-corrected chi connectivity index (χ0v) is 17.9. The minimum Gasteiger partial charge on any atom is -0.497 e. The maximum Gasteiger partial charge on any atom is 0.240 e. The fourth-order valence-corrected chi connectivity index (χ4v) is 4.27. The number of benzene rings is 2. The SMILES string of the molecule is COc1ccc(CN2CCN(CC(=O)Nc3nc(-c4ccccc4)cs3)CC2)cc1. The van der Waals surface area contributed by atoms with E-state index in [9.17, 15) is 4.79 Å². The van der Waals surface area contributed by atoms with E-state index < -0.39 is 0 Å². The number of thiazole rings is 1. The summed E-state index contributed by atoms with van der Waals surface area (Å²) in [5.74, 6) is 0.873. The van der Waals surface area contributed by atoms with Gasteiger partial charge in [-0.3, -0.25) is 14.6 Å². The number of rotatable bonds is 7. The Morgan fingerprint density at radius 3 is 2.43 bits per heavy atom. The summed E-state index contributed by atoms with van der Waals surface area (Å²) in [5.41, 5.74) is 3.23. The molecule has 1 aliphatic rings. The van der Waals surface area contributed by atoms with Gasteiger partial charge in [0.1, 0.15) is 5.75 Å². The van der Waals surface area contributed by atoms with E-state index in [0.717, 1.165) is 49.7 Å². The Morgan fingerprint density at radius 1 is 1.03 bits per heavy atom. The summed E-state index contributed by atoms with van der Waals surface area (Å²) in [6, 6.07) is 18.2. The maximum absolute atomic E-state index is 12.4. The maximum atomic E-state index is 12.4. The van der Waals surface area contributed by atoms with E-state index in [1.54, 1.807) is 7.11 Å². The van der Waals surface area contributed by atoms with E-state index in [0.29, 0.717) is 11.7 Å². The Bertz CT molecular complexity index is 951. The van der Waals surface area contributed by atoms with E-state index in [4.69, 9.17) is 4.74 Å². The van der Waals surface area contributed by atoms with Gasteiger partial charge in [0, 0.05) is 43.7 Å². The van der Waals surface area contributed by atoms with Crippen molar-refractivity contribution < 1.29 is 9.53 Å². The molecule has 7 heteroatoms. The van der Waals surface area contributed by atoms with Gasteiger partial charge in [0.25, 0.3) is 0 Å². The number of methoxy groups -OCH3 is 1. The molecule has 1 amide bonds. The zero-order chi connectivity index (χ0) is 20.8. The van der Waals surface area contributed by atoms with Crippen LogP contribution in [0, 0.1) is 0 Å². The molecule has 30 heavy (non-hydrogen) atoms. The molecule has 4 rings (SSSR count). The molecule has 0 unspecified atom stereocenters. The van der Waals surface area contributed by atoms with Crippen LogP contribution in [0.4, 0.5) is 5.13 Å². The second-order valence-corrected chi connectivity index (χ2v) is 8.21. The van der Waals surface area contributed by atoms with Crippen molar-refractivity contribution in [3.8, 4) is 17.0 Å². The molecule has 0 radical (unpaired) electrons. The standard InChI is InChI=1S/C23H26N4O2S/c1-29-20-9-7-18(8-10-20)15-26-11-13-27(14-12-26)16-22(28)25-23-24-21(17-30-23)19-5-3-2-4-6-19/h2-10,17H,11-16H2,1H3,(H,24,25,28). The van der Waals surface area contributed by atoms with Gasteiger partial charge in [0.15, 0.2) is 5.13 Å². The van der Waals surface area contributed by atoms with E-state index in [1.807, 2.05) is 47.8 Å². The van der Waals surface area contributed by atoms with Gasteiger partial charge in [-0.25, -0.2) is 4.98 Å². The van der Waals surface area contributed by atoms with Crippen LogP contribution in [0.25, 0.3) is 11.3 Å². The first-order chi connectivity index (χ1) is 14.7. The molecule has 0 spiro atoms. The number of piperazine rings is 1. The molecule has 6 nitrogen and oxygen atoms in total. The van der Waals surface area contributed by atoms with Gasteiger partial charge in [-0.05, 0) is 17.7 Å². The topological polar surface area (TPSA) is 57.7 Å². The van der Waals surface area contributed by atoms with Crippen LogP contribution in [0.1, 0.15) is 5.56 Å². The van der Waals surface area contributed by atoms with Gasteiger partial charge in [-0.2, -0.15) is 0 Å². The Morgan fingerprint density at radius 2 is 1.73 bits per heavy atom. The first kappa shape index (κ1) is 20.5. The second kappa shape index (κ2) is 9.84. The minimum absolute atomic E-state index is 0.00688. The van der Waals surface area contributed by atoms with Gasteiger partial charge >= 0.3 is 0 Å². The number of hydrogen-bond donors (Lipinski definition) is 1. The molecule has 1 aromatic heterocycles. The molecule has 1 N–H and O–H groups in total. The van der Waals surface area contributed by atoms with Crippen LogP contribution >= 0.6 is 11.3 Å². The highest BCUT2D eigenvalue weighted by atomic mass is 32.1. The number of nitrogens with one attached hydrogen (secondary N) is 1. The molecular formula is C23H26N4O2S. The summed E-state index contributed by atoms with van der Waals surface area (Å²) in [7, 11) is 1.68. The fourth-order valence-electron chi connectivity index (χ4n) is 3.53. The summed E-state index contributed by atoms with van der Waals surface area (Å²) in [6.45, 7) is 5.00. The number of nitrogens with zero attached hydrogens (tertiary/aromatic N) is 3. The van der Waals surface area contributed by atoms with Crippen molar-refractivity contribution in [2.75, 3.05) is 45.2 Å². The van der Waals surface area contributed by atoms with Gasteiger partial charge in [-0.15, -0.1) is 11.3 Å². The van der Waals surface area contributed by atoms with Crippen molar-refractivity contribution in [2.45, 2.75) is 6.54 Å². The lowest BCUT2D eigenvalue weighted by Crippen LogP contribution is -2.48. The fraction of sp³-hybridized carbons (Fsp3) is 0.304. The quantitative estimate of drug-likeness (QED) is 0.631. The number of anilines is 1. The molecule has 0 saturated carbocycles. The molecule has 0 bridgehead atoms. The first-order valence-electron chi connectivity index (χ1n) is 10.1. The van der Waals surface area contributed by atoms with Crippen LogP contribution in [0.2, 0.25) is 0 Å². The van der Waals surface area contributed by atoms with Crippen molar-refractivity contribution in [3.63, 3.8) is 0 Å². The predicted octanol–water partition coefficient (Wildman–Crippen LogP) is 3.58. The second-order valence-electron chi connectivity index (χ2n) is 7.35. The summed E-state index contributed by atoms with van der Waals surface area (Å²) in [4.78, 5) is 21.6. The largest absolute Gasteiger partial charge is 0.497 e. The van der Waals surface area contributed by atoms with Crippen molar-refractivity contribution in [2.24, 2.45) is 0 Å². The van der Waals surface area contributed by atoms with Crippen molar-refractivity contribution >= 4 is 22.4 Å². The smallest absolute Gasteiger partial charge is 0.240 e. The highest BCUT2D eigenvalue weighted by Gasteiger charge is 2.19. The molecule has 1 fully saturated rings. The Hall–Kier alpha value is -2.74. The third-order valence-electron chi connectivity index (χ3n) is 5.22. The van der Waals surface area contributed by atoms with E-state index in [-0.39, 0.29) is 5.91 Å². The number of aromatic nitrogens is 1. The summed E-state index contributed by atoms with van der Waals surface area (Å²) < 4.78 is 5.21. The molecule has 0 atom stereocenters. The van der Waals surface area contributed by atoms with Crippen LogP contribution in [0.3, 0.4) is 0 Å². The normalized spacial score (nSPS) is 15.1. The third-order valence-corrected chi connectivity index (χ3v) is 5.98. The number of ether oxygens (including phenoxy) is 1. The molecular weight excluding hydrogens is 396 g/mol. The molecule has 2 aromatic carbocycles. The first-order valence-corrected chi connectivity index (χ1v) is 11.0. The van der Waals surface area contributed by atoms with Crippen LogP contribution in [0.15, 0.2) is 60.0 Å². The molecule has 1 aliphatic heterocycles. The van der Waals surface area contributed by atoms with Gasteiger partial charge in [0.2, 0.25) is 5.91 Å². The van der Waals surface area contributed by atoms with Crippen LogP contribution in [0.5, 0.6) is 5.75 Å². The zero-order valence-electron chi connectivity index (χ0n) is 17.1. The molecule has 0 aliphatic carbocycles. The minimum atomic E-state index is -0.00688. The van der Waals surface area contributed by atoms with Crippen molar-refractivity contribution in [1.29, 1.82) is 0 Å². The predicted molar refractivity (Wildman–Crippen MR) is 121 cm³/mol. The Balaban J connectivity index is 1.22. The molecule has 2 heterocycles. The van der Waals surface area contributed by atoms with Gasteiger partial charge in [-0.1, -0.05) is 42.5 Å². The Kier molecular flexibility index (Phi) is 6.74. The van der Waals surface area contributed by atoms with E-state index in [2.05, 4.69) is 32.2 Å². The highest BCUT2D eigenvalue weighted by Crippen LogP contribution is 2.24. The van der Waals surface area contributed by atoms with Crippen LogP contribution < -0.4 is 10.1 Å². The summed E-state index contributed by atoms with van der Waals surface area (Å²) in [5, 5.41) is 5.57. The van der Waals surface area contributed by atoms with E-state index in [1.165, 1.54) is 16.9 Å². The van der Waals surface area contributed by atoms with Crippen LogP contribution in [-0.4, -0.2) is 60.5 Å². The number of amides is 1. The third kappa shape index (κ3) is 5.44. The number of carbonyl (C=O) groups excluding carboxylic acids is 1. The lowest BCUT2D eigenvalue weighted by molar-refractivity contribution is -0.117. The lowest BCUT2D eigenvalue weighted by Gasteiger charge is -2.34. The summed E-state index contributed by atoms with van der Waals surface area (Å²) >= 11 is 1.46. The average Bonchev–Trinajstić information content (AvgIpc) is 3.24. The highest BCUT2D eigenvalue weighted by molar-refractivity contribution is 7.14. The molecule has 1 saturated heterocycles.